The third-order valence-corrected chi connectivity index (χ3v) is 5.59. The van der Waals surface area contributed by atoms with E-state index in [4.69, 9.17) is 4.74 Å². The third-order valence-electron chi connectivity index (χ3n) is 5.59. The first-order valence-electron chi connectivity index (χ1n) is 10.4. The molecule has 1 aliphatic heterocycles. The van der Waals surface area contributed by atoms with Crippen molar-refractivity contribution in [2.24, 2.45) is 0 Å². The van der Waals surface area contributed by atoms with Gasteiger partial charge in [-0.3, -0.25) is 4.57 Å². The number of ether oxygens (including phenoxy) is 1. The van der Waals surface area contributed by atoms with Crippen molar-refractivity contribution >= 4 is 28.0 Å². The summed E-state index contributed by atoms with van der Waals surface area (Å²) in [6.45, 7) is 1.87. The van der Waals surface area contributed by atoms with Crippen LogP contribution in [0.1, 0.15) is 38.6 Å². The van der Waals surface area contributed by atoms with E-state index in [0.717, 1.165) is 23.9 Å². The summed E-state index contributed by atoms with van der Waals surface area (Å²) in [5.41, 5.74) is 2.95. The Morgan fingerprint density at radius 3 is 2.94 bits per heavy atom. The van der Waals surface area contributed by atoms with Gasteiger partial charge in [0.15, 0.2) is 17.0 Å². The average molecular weight is 424 g/mol. The van der Waals surface area contributed by atoms with E-state index in [1.807, 2.05) is 28.9 Å². The average Bonchev–Trinajstić information content (AvgIpc) is 3.49. The number of hydrogen-bond donors (Lipinski definition) is 3. The monoisotopic (exact) mass is 424 g/mol. The van der Waals surface area contributed by atoms with E-state index in [1.54, 1.807) is 10.9 Å². The van der Waals surface area contributed by atoms with Gasteiger partial charge in [0.05, 0.1) is 24.6 Å². The summed E-state index contributed by atoms with van der Waals surface area (Å²) in [6, 6.07) is 7.82. The highest BCUT2D eigenvalue weighted by Gasteiger charge is 2.35. The molecule has 5 rings (SSSR count). The van der Waals surface area contributed by atoms with Gasteiger partial charge in [-0.2, -0.15) is 0 Å². The van der Waals surface area contributed by atoms with Crippen LogP contribution in [0.2, 0.25) is 0 Å². The zero-order valence-electron chi connectivity index (χ0n) is 17.0. The predicted octanol–water partition coefficient (Wildman–Crippen LogP) is 1.62. The van der Waals surface area contributed by atoms with E-state index in [1.165, 1.54) is 6.33 Å². The van der Waals surface area contributed by atoms with Gasteiger partial charge in [0, 0.05) is 6.42 Å². The van der Waals surface area contributed by atoms with Gasteiger partial charge in [-0.25, -0.2) is 19.6 Å². The molecule has 3 N–H and O–H groups in total. The van der Waals surface area contributed by atoms with Crippen molar-refractivity contribution in [2.45, 2.75) is 50.8 Å². The molecule has 0 amide bonds. The standard InChI is InChI=1S/C20H24N8O3/c1-2-5-16(28-13-7-4-3-6-12(13)25-26-28)24-19-18-20(22-10-21-19)27(11-23-18)17-8-14(30)15(9-29)31-17/h3-4,6-7,10-11,14-17,29-30H,2,5,8-9H2,1H3,(H,21,22,24)/t14-,15+,16?,17+/m0/s1. The number of hydrogen-bond acceptors (Lipinski definition) is 9. The number of nitrogens with zero attached hydrogens (tertiary/aromatic N) is 7. The fourth-order valence-electron chi connectivity index (χ4n) is 4.02. The number of benzene rings is 1. The van der Waals surface area contributed by atoms with E-state index >= 15 is 0 Å². The number of anilines is 1. The van der Waals surface area contributed by atoms with Gasteiger partial charge in [0.25, 0.3) is 0 Å². The van der Waals surface area contributed by atoms with Crippen LogP contribution in [0.5, 0.6) is 0 Å². The lowest BCUT2D eigenvalue weighted by molar-refractivity contribution is -0.0432. The lowest BCUT2D eigenvalue weighted by atomic mass is 10.2. The Balaban J connectivity index is 1.48. The minimum Gasteiger partial charge on any atom is -0.394 e. The second-order valence-corrected chi connectivity index (χ2v) is 7.63. The molecule has 0 bridgehead atoms. The van der Waals surface area contributed by atoms with Gasteiger partial charge in [-0.15, -0.1) is 5.10 Å². The van der Waals surface area contributed by atoms with Crippen molar-refractivity contribution in [1.29, 1.82) is 0 Å². The molecule has 1 saturated heterocycles. The van der Waals surface area contributed by atoms with E-state index in [0.29, 0.717) is 23.4 Å². The summed E-state index contributed by atoms with van der Waals surface area (Å²) >= 11 is 0. The maximum atomic E-state index is 10.1. The molecule has 0 spiro atoms. The maximum absolute atomic E-state index is 10.1. The molecule has 162 valence electrons. The molecule has 1 fully saturated rings. The molecular formula is C20H24N8O3. The molecule has 1 unspecified atom stereocenters. The summed E-state index contributed by atoms with van der Waals surface area (Å²) in [6.07, 6.45) is 3.24. The Bertz CT molecular complexity index is 1190. The van der Waals surface area contributed by atoms with Crippen LogP contribution < -0.4 is 5.32 Å². The number of aromatic nitrogens is 7. The Labute approximate surface area is 177 Å². The molecule has 4 heterocycles. The summed E-state index contributed by atoms with van der Waals surface area (Å²) in [5, 5.41) is 31.5. The number of para-hydroxylation sites is 1. The van der Waals surface area contributed by atoms with Gasteiger partial charge < -0.3 is 20.3 Å². The lowest BCUT2D eigenvalue weighted by Gasteiger charge is -2.19. The van der Waals surface area contributed by atoms with Crippen molar-refractivity contribution in [1.82, 2.24) is 34.5 Å². The van der Waals surface area contributed by atoms with Crippen molar-refractivity contribution in [3.8, 4) is 0 Å². The van der Waals surface area contributed by atoms with E-state index < -0.39 is 18.4 Å². The van der Waals surface area contributed by atoms with Gasteiger partial charge in [-0.05, 0) is 18.6 Å². The Morgan fingerprint density at radius 1 is 1.26 bits per heavy atom. The fraction of sp³-hybridized carbons (Fsp3) is 0.450. The summed E-state index contributed by atoms with van der Waals surface area (Å²) in [7, 11) is 0. The molecule has 31 heavy (non-hydrogen) atoms. The van der Waals surface area contributed by atoms with Crippen molar-refractivity contribution in [3.05, 3.63) is 36.9 Å². The number of rotatable bonds is 7. The molecule has 1 aromatic carbocycles. The highest BCUT2D eigenvalue weighted by atomic mass is 16.5. The molecule has 0 radical (unpaired) electrons. The van der Waals surface area contributed by atoms with Gasteiger partial charge in [-0.1, -0.05) is 30.7 Å². The Morgan fingerprint density at radius 2 is 2.13 bits per heavy atom. The second kappa shape index (κ2) is 8.17. The van der Waals surface area contributed by atoms with Crippen LogP contribution in [-0.2, 0) is 4.74 Å². The topological polar surface area (TPSA) is 136 Å². The Hall–Kier alpha value is -3.15. The zero-order chi connectivity index (χ0) is 21.4. The first kappa shape index (κ1) is 19.8. The molecule has 4 atom stereocenters. The SMILES string of the molecule is CCCC(Nc1ncnc2c1ncn2[C@H]1C[C@H](O)[C@@H](CO)O1)n1nnc2ccccc21. The number of imidazole rings is 1. The molecule has 0 aliphatic carbocycles. The van der Waals surface area contributed by atoms with Crippen molar-refractivity contribution in [2.75, 3.05) is 11.9 Å². The fourth-order valence-corrected chi connectivity index (χ4v) is 4.02. The summed E-state index contributed by atoms with van der Waals surface area (Å²) in [4.78, 5) is 13.3. The molecule has 0 saturated carbocycles. The predicted molar refractivity (Wildman–Crippen MR) is 112 cm³/mol. The summed E-state index contributed by atoms with van der Waals surface area (Å²) in [5.74, 6) is 0.582. The maximum Gasteiger partial charge on any atom is 0.167 e. The van der Waals surface area contributed by atoms with Crippen LogP contribution in [0.15, 0.2) is 36.9 Å². The zero-order valence-corrected chi connectivity index (χ0v) is 17.0. The van der Waals surface area contributed by atoms with Gasteiger partial charge in [0.1, 0.15) is 30.3 Å². The van der Waals surface area contributed by atoms with Crippen LogP contribution in [0.25, 0.3) is 22.2 Å². The Kier molecular flexibility index (Phi) is 5.22. The summed E-state index contributed by atoms with van der Waals surface area (Å²) < 4.78 is 9.39. The highest BCUT2D eigenvalue weighted by Crippen LogP contribution is 2.32. The van der Waals surface area contributed by atoms with Crippen LogP contribution in [-0.4, -0.2) is 63.5 Å². The van der Waals surface area contributed by atoms with E-state index in [-0.39, 0.29) is 12.8 Å². The number of nitrogens with one attached hydrogen (secondary N) is 1. The smallest absolute Gasteiger partial charge is 0.167 e. The largest absolute Gasteiger partial charge is 0.394 e. The first-order valence-corrected chi connectivity index (χ1v) is 10.4. The molecule has 4 aromatic rings. The number of aliphatic hydroxyl groups excluding tert-OH is 2. The third kappa shape index (κ3) is 3.50. The molecule has 11 heteroatoms. The highest BCUT2D eigenvalue weighted by molar-refractivity contribution is 5.83. The molecular weight excluding hydrogens is 400 g/mol. The quantitative estimate of drug-likeness (QED) is 0.404. The van der Waals surface area contributed by atoms with Crippen LogP contribution in [0, 0.1) is 0 Å². The van der Waals surface area contributed by atoms with Crippen LogP contribution in [0.3, 0.4) is 0 Å². The van der Waals surface area contributed by atoms with Crippen molar-refractivity contribution < 1.29 is 14.9 Å². The van der Waals surface area contributed by atoms with Crippen LogP contribution in [0.4, 0.5) is 5.82 Å². The van der Waals surface area contributed by atoms with Crippen LogP contribution >= 0.6 is 0 Å². The molecule has 1 aliphatic rings. The number of fused-ring (bicyclic) bond motifs is 2. The molecule has 3 aromatic heterocycles. The van der Waals surface area contributed by atoms with Crippen molar-refractivity contribution in [3.63, 3.8) is 0 Å². The van der Waals surface area contributed by atoms with Gasteiger partial charge >= 0.3 is 0 Å². The number of aliphatic hydroxyl groups is 2. The minimum atomic E-state index is -0.735. The van der Waals surface area contributed by atoms with E-state index in [9.17, 15) is 10.2 Å². The minimum absolute atomic E-state index is 0.163. The molecule has 11 nitrogen and oxygen atoms in total. The lowest BCUT2D eigenvalue weighted by Crippen LogP contribution is -2.24. The second-order valence-electron chi connectivity index (χ2n) is 7.63. The van der Waals surface area contributed by atoms with E-state index in [2.05, 4.69) is 37.5 Å². The first-order chi connectivity index (χ1) is 15.2. The normalized spacial score (nSPS) is 22.4. The van der Waals surface area contributed by atoms with Gasteiger partial charge in [0.2, 0.25) is 0 Å².